The highest BCUT2D eigenvalue weighted by Gasteiger charge is 2.17. The lowest BCUT2D eigenvalue weighted by atomic mass is 10.1. The van der Waals surface area contributed by atoms with Crippen LogP contribution in [-0.2, 0) is 4.74 Å². The van der Waals surface area contributed by atoms with Gasteiger partial charge < -0.3 is 20.7 Å². The Bertz CT molecular complexity index is 236. The fourth-order valence-corrected chi connectivity index (χ4v) is 2.39. The maximum absolute atomic E-state index is 11.5. The van der Waals surface area contributed by atoms with Crippen LogP contribution in [0.4, 0.5) is 4.79 Å². The van der Waals surface area contributed by atoms with Crippen molar-refractivity contribution in [1.82, 2.24) is 16.0 Å². The lowest BCUT2D eigenvalue weighted by molar-refractivity contribution is 0.111. The van der Waals surface area contributed by atoms with Gasteiger partial charge in [-0.15, -0.1) is 0 Å². The fraction of sp³-hybridized carbons (Fsp3) is 0.917. The van der Waals surface area contributed by atoms with Gasteiger partial charge in [-0.1, -0.05) is 6.42 Å². The first-order valence-corrected chi connectivity index (χ1v) is 6.71. The second-order valence-corrected chi connectivity index (χ2v) is 4.87. The SMILES string of the molecule is O=C(NCC1CCCCN1)NCC1CCCO1. The summed E-state index contributed by atoms with van der Waals surface area (Å²) in [7, 11) is 0. The summed E-state index contributed by atoms with van der Waals surface area (Å²) in [6.07, 6.45) is 6.06. The average Bonchev–Trinajstić information content (AvgIpc) is 2.88. The van der Waals surface area contributed by atoms with Crippen LogP contribution in [0.25, 0.3) is 0 Å². The molecule has 98 valence electrons. The Balaban J connectivity index is 1.53. The van der Waals surface area contributed by atoms with Gasteiger partial charge >= 0.3 is 6.03 Å². The average molecular weight is 241 g/mol. The van der Waals surface area contributed by atoms with E-state index in [1.54, 1.807) is 0 Å². The van der Waals surface area contributed by atoms with Crippen molar-refractivity contribution in [3.63, 3.8) is 0 Å². The molecule has 17 heavy (non-hydrogen) atoms. The van der Waals surface area contributed by atoms with E-state index in [9.17, 15) is 4.79 Å². The molecule has 0 aromatic rings. The van der Waals surface area contributed by atoms with Gasteiger partial charge in [0.15, 0.2) is 0 Å². The Labute approximate surface area is 103 Å². The summed E-state index contributed by atoms with van der Waals surface area (Å²) in [5.74, 6) is 0. The summed E-state index contributed by atoms with van der Waals surface area (Å²) in [5.41, 5.74) is 0. The summed E-state index contributed by atoms with van der Waals surface area (Å²) >= 11 is 0. The molecule has 5 nitrogen and oxygen atoms in total. The lowest BCUT2D eigenvalue weighted by Crippen LogP contribution is -2.47. The molecule has 0 bridgehead atoms. The van der Waals surface area contributed by atoms with Crippen LogP contribution in [0.15, 0.2) is 0 Å². The van der Waals surface area contributed by atoms with Crippen molar-refractivity contribution in [3.8, 4) is 0 Å². The van der Waals surface area contributed by atoms with Gasteiger partial charge in [0.2, 0.25) is 0 Å². The standard InChI is InChI=1S/C12H23N3O2/c16-12(15-9-11-5-3-7-17-11)14-8-10-4-1-2-6-13-10/h10-11,13H,1-9H2,(H2,14,15,16). The molecule has 0 aromatic carbocycles. The van der Waals surface area contributed by atoms with Crippen molar-refractivity contribution in [2.24, 2.45) is 0 Å². The number of urea groups is 1. The van der Waals surface area contributed by atoms with E-state index in [1.807, 2.05) is 0 Å². The predicted molar refractivity (Wildman–Crippen MR) is 66.0 cm³/mol. The summed E-state index contributed by atoms with van der Waals surface area (Å²) < 4.78 is 5.44. The Kier molecular flexibility index (Phi) is 5.07. The minimum Gasteiger partial charge on any atom is -0.376 e. The third-order valence-corrected chi connectivity index (χ3v) is 3.44. The lowest BCUT2D eigenvalue weighted by Gasteiger charge is -2.23. The summed E-state index contributed by atoms with van der Waals surface area (Å²) in [6.45, 7) is 3.26. The van der Waals surface area contributed by atoms with Crippen LogP contribution >= 0.6 is 0 Å². The fourth-order valence-electron chi connectivity index (χ4n) is 2.39. The molecule has 2 heterocycles. The molecule has 2 aliphatic rings. The van der Waals surface area contributed by atoms with Gasteiger partial charge in [0.1, 0.15) is 0 Å². The molecular formula is C12H23N3O2. The molecule has 0 spiro atoms. The third kappa shape index (κ3) is 4.52. The van der Waals surface area contributed by atoms with E-state index in [0.717, 1.165) is 39.0 Å². The van der Waals surface area contributed by atoms with Gasteiger partial charge in [-0.25, -0.2) is 4.79 Å². The Morgan fingerprint density at radius 1 is 1.18 bits per heavy atom. The molecule has 0 saturated carbocycles. The van der Waals surface area contributed by atoms with E-state index in [4.69, 9.17) is 4.74 Å². The van der Waals surface area contributed by atoms with E-state index in [1.165, 1.54) is 12.8 Å². The maximum atomic E-state index is 11.5. The van der Waals surface area contributed by atoms with Crippen LogP contribution < -0.4 is 16.0 Å². The number of ether oxygens (including phenoxy) is 1. The van der Waals surface area contributed by atoms with Crippen molar-refractivity contribution < 1.29 is 9.53 Å². The number of amides is 2. The molecule has 0 aliphatic carbocycles. The maximum Gasteiger partial charge on any atom is 0.314 e. The number of carbonyl (C=O) groups excluding carboxylic acids is 1. The van der Waals surface area contributed by atoms with Gasteiger partial charge in [-0.3, -0.25) is 0 Å². The third-order valence-electron chi connectivity index (χ3n) is 3.44. The molecular weight excluding hydrogens is 218 g/mol. The molecule has 0 aromatic heterocycles. The first-order chi connectivity index (χ1) is 8.34. The Morgan fingerprint density at radius 3 is 2.76 bits per heavy atom. The van der Waals surface area contributed by atoms with Gasteiger partial charge in [-0.05, 0) is 32.2 Å². The van der Waals surface area contributed by atoms with Crippen LogP contribution in [0.2, 0.25) is 0 Å². The van der Waals surface area contributed by atoms with E-state index in [-0.39, 0.29) is 12.1 Å². The van der Waals surface area contributed by atoms with Crippen molar-refractivity contribution >= 4 is 6.03 Å². The minimum atomic E-state index is -0.0760. The molecule has 0 radical (unpaired) electrons. The highest BCUT2D eigenvalue weighted by molar-refractivity contribution is 5.73. The van der Waals surface area contributed by atoms with Gasteiger partial charge in [-0.2, -0.15) is 0 Å². The number of rotatable bonds is 4. The van der Waals surface area contributed by atoms with Gasteiger partial charge in [0.05, 0.1) is 6.10 Å². The Hall–Kier alpha value is -0.810. The van der Waals surface area contributed by atoms with Gasteiger partial charge in [0, 0.05) is 25.7 Å². The molecule has 3 N–H and O–H groups in total. The molecule has 2 amide bonds. The molecule has 2 unspecified atom stereocenters. The first kappa shape index (κ1) is 12.6. The van der Waals surface area contributed by atoms with Crippen molar-refractivity contribution in [1.29, 1.82) is 0 Å². The monoisotopic (exact) mass is 241 g/mol. The van der Waals surface area contributed by atoms with E-state index in [0.29, 0.717) is 12.6 Å². The second kappa shape index (κ2) is 6.81. The Morgan fingerprint density at radius 2 is 2.06 bits per heavy atom. The first-order valence-electron chi connectivity index (χ1n) is 6.71. The van der Waals surface area contributed by atoms with Crippen LogP contribution in [0.3, 0.4) is 0 Å². The normalized spacial score (nSPS) is 28.9. The molecule has 2 aliphatic heterocycles. The molecule has 2 fully saturated rings. The zero-order valence-corrected chi connectivity index (χ0v) is 10.3. The summed E-state index contributed by atoms with van der Waals surface area (Å²) in [4.78, 5) is 11.5. The van der Waals surface area contributed by atoms with Crippen LogP contribution in [0, 0.1) is 0 Å². The molecule has 2 rings (SSSR count). The largest absolute Gasteiger partial charge is 0.376 e. The second-order valence-electron chi connectivity index (χ2n) is 4.87. The minimum absolute atomic E-state index is 0.0760. The van der Waals surface area contributed by atoms with E-state index >= 15 is 0 Å². The van der Waals surface area contributed by atoms with Gasteiger partial charge in [0.25, 0.3) is 0 Å². The van der Waals surface area contributed by atoms with Crippen molar-refractivity contribution in [2.75, 3.05) is 26.2 Å². The predicted octanol–water partition coefficient (Wildman–Crippen LogP) is 0.607. The number of carbonyl (C=O) groups is 1. The highest BCUT2D eigenvalue weighted by Crippen LogP contribution is 2.10. The molecule has 2 atom stereocenters. The summed E-state index contributed by atoms with van der Waals surface area (Å²) in [6, 6.07) is 0.366. The zero-order valence-electron chi connectivity index (χ0n) is 10.3. The quantitative estimate of drug-likeness (QED) is 0.675. The van der Waals surface area contributed by atoms with E-state index < -0.39 is 0 Å². The number of hydrogen-bond donors (Lipinski definition) is 3. The topological polar surface area (TPSA) is 62.4 Å². The molecule has 5 heteroatoms. The molecule has 2 saturated heterocycles. The number of piperidine rings is 1. The van der Waals surface area contributed by atoms with E-state index in [2.05, 4.69) is 16.0 Å². The smallest absolute Gasteiger partial charge is 0.314 e. The zero-order chi connectivity index (χ0) is 11.9. The summed E-state index contributed by atoms with van der Waals surface area (Å²) in [5, 5.41) is 9.17. The highest BCUT2D eigenvalue weighted by atomic mass is 16.5. The van der Waals surface area contributed by atoms with Crippen molar-refractivity contribution in [3.05, 3.63) is 0 Å². The van der Waals surface area contributed by atoms with Crippen LogP contribution in [0.1, 0.15) is 32.1 Å². The van der Waals surface area contributed by atoms with Crippen LogP contribution in [-0.4, -0.2) is 44.4 Å². The van der Waals surface area contributed by atoms with Crippen LogP contribution in [0.5, 0.6) is 0 Å². The number of nitrogens with one attached hydrogen (secondary N) is 3. The number of hydrogen-bond acceptors (Lipinski definition) is 3. The van der Waals surface area contributed by atoms with Crippen molar-refractivity contribution in [2.45, 2.75) is 44.2 Å².